The van der Waals surface area contributed by atoms with E-state index in [1.807, 2.05) is 70.2 Å². The van der Waals surface area contributed by atoms with Crippen LogP contribution in [-0.4, -0.2) is 22.2 Å². The number of aromatic nitrogens is 2. The van der Waals surface area contributed by atoms with Gasteiger partial charge >= 0.3 is 0 Å². The number of hydrogen-bond acceptors (Lipinski definition) is 5. The summed E-state index contributed by atoms with van der Waals surface area (Å²) in [6, 6.07) is 13.8. The Kier molecular flexibility index (Phi) is 6.09. The molecule has 6 heteroatoms. The highest BCUT2D eigenvalue weighted by Gasteiger charge is 2.20. The fraction of sp³-hybridized carbons (Fsp3) is 0.318. The van der Waals surface area contributed by atoms with Crippen molar-refractivity contribution in [1.82, 2.24) is 15.5 Å². The second-order valence-corrected chi connectivity index (χ2v) is 6.88. The summed E-state index contributed by atoms with van der Waals surface area (Å²) in [7, 11) is 0. The molecule has 1 atom stereocenters. The van der Waals surface area contributed by atoms with Crippen molar-refractivity contribution in [2.24, 2.45) is 0 Å². The second-order valence-electron chi connectivity index (χ2n) is 6.88. The van der Waals surface area contributed by atoms with E-state index in [-0.39, 0.29) is 12.5 Å². The van der Waals surface area contributed by atoms with E-state index in [0.717, 1.165) is 28.0 Å². The number of nitrogens with one attached hydrogen (secondary N) is 1. The van der Waals surface area contributed by atoms with Crippen LogP contribution >= 0.6 is 0 Å². The lowest BCUT2D eigenvalue weighted by Crippen LogP contribution is -2.37. The average molecular weight is 379 g/mol. The van der Waals surface area contributed by atoms with Crippen LogP contribution in [0.1, 0.15) is 35.9 Å². The van der Waals surface area contributed by atoms with E-state index < -0.39 is 6.10 Å². The lowest BCUT2D eigenvalue weighted by molar-refractivity contribution is -0.128. The SMILES string of the molecule is CC[C@H](Oc1cc(C)ccc1C)C(=O)NCc1nc(-c2ccc(C)cc2)no1. The molecule has 1 heterocycles. The van der Waals surface area contributed by atoms with E-state index >= 15 is 0 Å². The van der Waals surface area contributed by atoms with Crippen molar-refractivity contribution in [2.75, 3.05) is 0 Å². The predicted octanol–water partition coefficient (Wildman–Crippen LogP) is 4.14. The number of aryl methyl sites for hydroxylation is 3. The van der Waals surface area contributed by atoms with Gasteiger partial charge < -0.3 is 14.6 Å². The summed E-state index contributed by atoms with van der Waals surface area (Å²) >= 11 is 0. The number of carbonyl (C=O) groups is 1. The third-order valence-electron chi connectivity index (χ3n) is 4.47. The van der Waals surface area contributed by atoms with E-state index in [0.29, 0.717) is 18.1 Å². The van der Waals surface area contributed by atoms with Gasteiger partial charge in [-0.3, -0.25) is 4.79 Å². The Morgan fingerprint density at radius 3 is 2.54 bits per heavy atom. The summed E-state index contributed by atoms with van der Waals surface area (Å²) in [5, 5.41) is 6.80. The van der Waals surface area contributed by atoms with E-state index in [4.69, 9.17) is 9.26 Å². The van der Waals surface area contributed by atoms with Crippen LogP contribution in [0.3, 0.4) is 0 Å². The highest BCUT2D eigenvalue weighted by Crippen LogP contribution is 2.21. The maximum atomic E-state index is 12.5. The average Bonchev–Trinajstić information content (AvgIpc) is 3.16. The number of hydrogen-bond donors (Lipinski definition) is 1. The molecule has 0 unspecified atom stereocenters. The first-order valence-corrected chi connectivity index (χ1v) is 9.37. The molecule has 0 aliphatic carbocycles. The maximum absolute atomic E-state index is 12.5. The van der Waals surface area contributed by atoms with Gasteiger partial charge in [0, 0.05) is 5.56 Å². The predicted molar refractivity (Wildman–Crippen MR) is 107 cm³/mol. The van der Waals surface area contributed by atoms with Gasteiger partial charge in [0.05, 0.1) is 6.54 Å². The van der Waals surface area contributed by atoms with Gasteiger partial charge in [0.25, 0.3) is 5.91 Å². The standard InChI is InChI=1S/C22H25N3O3/c1-5-18(27-19-12-15(3)6-9-16(19)4)22(26)23-13-20-24-21(25-28-20)17-10-7-14(2)8-11-17/h6-12,18H,5,13H2,1-4H3,(H,23,26)/t18-/m0/s1. The van der Waals surface area contributed by atoms with Crippen molar-refractivity contribution < 1.29 is 14.1 Å². The molecular weight excluding hydrogens is 354 g/mol. The zero-order valence-corrected chi connectivity index (χ0v) is 16.7. The molecule has 28 heavy (non-hydrogen) atoms. The van der Waals surface area contributed by atoms with Crippen molar-refractivity contribution >= 4 is 5.91 Å². The van der Waals surface area contributed by atoms with Crippen LogP contribution in [0.25, 0.3) is 11.4 Å². The van der Waals surface area contributed by atoms with Crippen LogP contribution in [0.15, 0.2) is 47.0 Å². The molecule has 0 radical (unpaired) electrons. The minimum absolute atomic E-state index is 0.157. The van der Waals surface area contributed by atoms with Gasteiger partial charge in [-0.05, 0) is 44.4 Å². The lowest BCUT2D eigenvalue weighted by Gasteiger charge is -2.18. The Hall–Kier alpha value is -3.15. The Bertz CT molecular complexity index is 948. The number of amides is 1. The smallest absolute Gasteiger partial charge is 0.261 e. The zero-order chi connectivity index (χ0) is 20.1. The maximum Gasteiger partial charge on any atom is 0.261 e. The molecule has 6 nitrogen and oxygen atoms in total. The topological polar surface area (TPSA) is 77.2 Å². The summed E-state index contributed by atoms with van der Waals surface area (Å²) in [6.07, 6.45) is -0.0301. The summed E-state index contributed by atoms with van der Waals surface area (Å²) in [4.78, 5) is 16.9. The lowest BCUT2D eigenvalue weighted by atomic mass is 10.1. The molecule has 1 N–H and O–H groups in total. The van der Waals surface area contributed by atoms with Crippen LogP contribution in [0.4, 0.5) is 0 Å². The molecular formula is C22H25N3O3. The molecule has 1 amide bonds. The molecule has 0 bridgehead atoms. The Balaban J connectivity index is 1.61. The van der Waals surface area contributed by atoms with Crippen molar-refractivity contribution in [3.8, 4) is 17.1 Å². The third kappa shape index (κ3) is 4.76. The molecule has 3 aromatic rings. The first kappa shape index (κ1) is 19.6. The Morgan fingerprint density at radius 1 is 1.11 bits per heavy atom. The highest BCUT2D eigenvalue weighted by molar-refractivity contribution is 5.81. The summed E-state index contributed by atoms with van der Waals surface area (Å²) in [5.74, 6) is 1.37. The largest absolute Gasteiger partial charge is 0.480 e. The van der Waals surface area contributed by atoms with E-state index in [2.05, 4.69) is 15.5 Å². The first-order chi connectivity index (χ1) is 13.5. The van der Waals surface area contributed by atoms with Gasteiger partial charge in [0.1, 0.15) is 5.75 Å². The van der Waals surface area contributed by atoms with Gasteiger partial charge in [-0.15, -0.1) is 0 Å². The number of rotatable bonds is 7. The number of ether oxygens (including phenoxy) is 1. The Labute approximate surface area is 164 Å². The molecule has 2 aromatic carbocycles. The molecule has 3 rings (SSSR count). The molecule has 0 aliphatic heterocycles. The minimum Gasteiger partial charge on any atom is -0.480 e. The minimum atomic E-state index is -0.583. The van der Waals surface area contributed by atoms with Gasteiger partial charge in [0.15, 0.2) is 6.10 Å². The molecule has 146 valence electrons. The molecule has 1 aromatic heterocycles. The van der Waals surface area contributed by atoms with Crippen LogP contribution in [0.2, 0.25) is 0 Å². The second kappa shape index (κ2) is 8.69. The number of carbonyl (C=O) groups excluding carboxylic acids is 1. The van der Waals surface area contributed by atoms with E-state index in [1.54, 1.807) is 0 Å². The molecule has 0 fully saturated rings. The van der Waals surface area contributed by atoms with Crippen molar-refractivity contribution in [3.05, 3.63) is 65.0 Å². The fourth-order valence-electron chi connectivity index (χ4n) is 2.73. The van der Waals surface area contributed by atoms with Crippen molar-refractivity contribution in [2.45, 2.75) is 46.8 Å². The van der Waals surface area contributed by atoms with Crippen LogP contribution in [-0.2, 0) is 11.3 Å². The number of nitrogens with zero attached hydrogens (tertiary/aromatic N) is 2. The van der Waals surface area contributed by atoms with Gasteiger partial charge in [-0.1, -0.05) is 54.0 Å². The fourth-order valence-corrected chi connectivity index (χ4v) is 2.73. The van der Waals surface area contributed by atoms with Crippen molar-refractivity contribution in [1.29, 1.82) is 0 Å². The monoisotopic (exact) mass is 379 g/mol. The van der Waals surface area contributed by atoms with Crippen molar-refractivity contribution in [3.63, 3.8) is 0 Å². The molecule has 0 spiro atoms. The normalized spacial score (nSPS) is 11.9. The molecule has 0 aliphatic rings. The third-order valence-corrected chi connectivity index (χ3v) is 4.47. The van der Waals surface area contributed by atoms with E-state index in [9.17, 15) is 4.79 Å². The first-order valence-electron chi connectivity index (χ1n) is 9.37. The number of benzene rings is 2. The van der Waals surface area contributed by atoms with Crippen LogP contribution in [0, 0.1) is 20.8 Å². The summed E-state index contributed by atoms with van der Waals surface area (Å²) in [5.41, 5.74) is 4.12. The molecule has 0 saturated heterocycles. The van der Waals surface area contributed by atoms with Crippen LogP contribution in [0.5, 0.6) is 5.75 Å². The van der Waals surface area contributed by atoms with Gasteiger partial charge in [0.2, 0.25) is 11.7 Å². The molecule has 0 saturated carbocycles. The highest BCUT2D eigenvalue weighted by atomic mass is 16.5. The van der Waals surface area contributed by atoms with Gasteiger partial charge in [-0.2, -0.15) is 4.98 Å². The van der Waals surface area contributed by atoms with Gasteiger partial charge in [-0.25, -0.2) is 0 Å². The summed E-state index contributed by atoms with van der Waals surface area (Å²) in [6.45, 7) is 8.05. The van der Waals surface area contributed by atoms with Crippen LogP contribution < -0.4 is 10.1 Å². The van der Waals surface area contributed by atoms with E-state index in [1.165, 1.54) is 0 Å². The Morgan fingerprint density at radius 2 is 1.82 bits per heavy atom. The quantitative estimate of drug-likeness (QED) is 0.668. The summed E-state index contributed by atoms with van der Waals surface area (Å²) < 4.78 is 11.2. The zero-order valence-electron chi connectivity index (χ0n) is 16.7.